The van der Waals surface area contributed by atoms with Crippen molar-refractivity contribution in [3.05, 3.63) is 168 Å². The molecule has 0 spiro atoms. The van der Waals surface area contributed by atoms with Gasteiger partial charge in [0.15, 0.2) is 0 Å². The van der Waals surface area contributed by atoms with Crippen molar-refractivity contribution in [2.75, 3.05) is 0 Å². The van der Waals surface area contributed by atoms with E-state index in [2.05, 4.69) is 156 Å². The van der Waals surface area contributed by atoms with E-state index in [0.717, 1.165) is 12.8 Å². The summed E-state index contributed by atoms with van der Waals surface area (Å²) in [6, 6.07) is 54.6. The lowest BCUT2D eigenvalue weighted by Crippen LogP contribution is -2.00. The van der Waals surface area contributed by atoms with Crippen LogP contribution in [0.2, 0.25) is 0 Å². The lowest BCUT2D eigenvalue weighted by atomic mass is 9.89. The fourth-order valence-corrected chi connectivity index (χ4v) is 10.6. The molecule has 0 unspecified atom stereocenters. The van der Waals surface area contributed by atoms with E-state index in [9.17, 15) is 0 Å². The summed E-state index contributed by atoms with van der Waals surface area (Å²) in [5.74, 6) is 0. The van der Waals surface area contributed by atoms with Gasteiger partial charge in [0.25, 0.3) is 0 Å². The van der Waals surface area contributed by atoms with E-state index in [1.54, 1.807) is 0 Å². The number of aromatic nitrogens is 1. The third-order valence-corrected chi connectivity index (χ3v) is 12.6. The molecule has 0 saturated carbocycles. The van der Waals surface area contributed by atoms with E-state index in [-0.39, 0.29) is 0 Å². The lowest BCUT2D eigenvalue weighted by Gasteiger charge is -2.17. The van der Waals surface area contributed by atoms with Gasteiger partial charge in [-0.2, -0.15) is 0 Å². The summed E-state index contributed by atoms with van der Waals surface area (Å²) < 4.78 is 3.92. The average molecular weight is 652 g/mol. The molecule has 2 heteroatoms. The highest BCUT2D eigenvalue weighted by Gasteiger charge is 2.29. The van der Waals surface area contributed by atoms with Crippen molar-refractivity contribution in [3.8, 4) is 27.9 Å². The molecule has 0 radical (unpaired) electrons. The lowest BCUT2D eigenvalue weighted by molar-refractivity contribution is 1.01. The summed E-state index contributed by atoms with van der Waals surface area (Å²) in [4.78, 5) is 1.51. The zero-order valence-electron chi connectivity index (χ0n) is 27.2. The van der Waals surface area contributed by atoms with Gasteiger partial charge in [-0.1, -0.05) is 121 Å². The van der Waals surface area contributed by atoms with Crippen molar-refractivity contribution in [3.63, 3.8) is 0 Å². The second-order valence-corrected chi connectivity index (χ2v) is 15.0. The first kappa shape index (κ1) is 26.9. The maximum atomic E-state index is 2.54. The van der Waals surface area contributed by atoms with Crippen LogP contribution >= 0.6 is 11.3 Å². The number of rotatable bonds is 3. The van der Waals surface area contributed by atoms with Crippen molar-refractivity contribution in [1.29, 1.82) is 0 Å². The number of fused-ring (bicyclic) bond motifs is 6. The second-order valence-electron chi connectivity index (χ2n) is 13.8. The molecule has 0 fully saturated rings. The van der Waals surface area contributed by atoms with Crippen LogP contribution in [-0.4, -0.2) is 4.57 Å². The number of thiophene rings is 1. The quantitative estimate of drug-likeness (QED) is 0.179. The Labute approximate surface area is 293 Å². The zero-order chi connectivity index (χ0) is 32.5. The van der Waals surface area contributed by atoms with Crippen molar-refractivity contribution >= 4 is 81.1 Å². The SMILES string of the molecule is C1=C(c2cccc(-n3c4ccc5c6c4c4c7c(cccc7c(-c7ccccc7)c-6c6ccccc65)ccc43)c2)c2c(sc3ccccc23)CC1. The number of benzene rings is 7. The number of hydrogen-bond donors (Lipinski definition) is 0. The van der Waals surface area contributed by atoms with Crippen LogP contribution in [-0.2, 0) is 6.42 Å². The van der Waals surface area contributed by atoms with Gasteiger partial charge in [0.1, 0.15) is 0 Å². The van der Waals surface area contributed by atoms with Crippen molar-refractivity contribution in [2.24, 2.45) is 0 Å². The minimum atomic E-state index is 1.08. The molecular formula is C48H29NS. The van der Waals surface area contributed by atoms with Gasteiger partial charge >= 0.3 is 0 Å². The Kier molecular flexibility index (Phi) is 5.29. The number of allylic oxidation sites excluding steroid dienone is 1. The van der Waals surface area contributed by atoms with Gasteiger partial charge in [0.05, 0.1) is 11.0 Å². The van der Waals surface area contributed by atoms with Gasteiger partial charge in [0.2, 0.25) is 0 Å². The molecule has 3 aliphatic carbocycles. The molecule has 0 amide bonds. The zero-order valence-corrected chi connectivity index (χ0v) is 28.0. The van der Waals surface area contributed by atoms with Gasteiger partial charge in [-0.15, -0.1) is 11.3 Å². The molecule has 0 bridgehead atoms. The first-order chi connectivity index (χ1) is 24.8. The van der Waals surface area contributed by atoms with Crippen LogP contribution in [0.1, 0.15) is 22.4 Å². The molecule has 2 heterocycles. The third-order valence-electron chi connectivity index (χ3n) is 11.3. The number of nitrogens with zero attached hydrogens (tertiary/aromatic N) is 1. The highest BCUT2D eigenvalue weighted by molar-refractivity contribution is 7.19. The standard InChI is InChI=1S/C48H29NS/c1-2-11-28(12-3-1)42-37-20-9-13-29-23-25-38-47(43(29)37)48-39(26-24-35-33-16-4-5-17-34(33)45(42)46(35)48)49(38)31-15-8-14-30(27-31)32-19-10-22-41-44(32)36-18-6-7-21-40(36)50-41/h1-9,11-21,23-27H,10,22H2. The highest BCUT2D eigenvalue weighted by atomic mass is 32.1. The van der Waals surface area contributed by atoms with Gasteiger partial charge in [-0.25, -0.2) is 0 Å². The van der Waals surface area contributed by atoms with Crippen molar-refractivity contribution < 1.29 is 0 Å². The van der Waals surface area contributed by atoms with E-state index in [0.29, 0.717) is 0 Å². The van der Waals surface area contributed by atoms with Crippen LogP contribution in [0.15, 0.2) is 152 Å². The monoisotopic (exact) mass is 651 g/mol. The van der Waals surface area contributed by atoms with Gasteiger partial charge in [-0.05, 0) is 103 Å². The Morgan fingerprint density at radius 3 is 2.10 bits per heavy atom. The highest BCUT2D eigenvalue weighted by Crippen LogP contribution is 2.55. The smallest absolute Gasteiger partial charge is 0.0548 e. The first-order valence-electron chi connectivity index (χ1n) is 17.6. The fraction of sp³-hybridized carbons (Fsp3) is 0.0417. The van der Waals surface area contributed by atoms with Crippen LogP contribution in [0.3, 0.4) is 0 Å². The summed E-state index contributed by atoms with van der Waals surface area (Å²) in [5.41, 5.74) is 13.1. The molecule has 0 saturated heterocycles. The Morgan fingerprint density at radius 2 is 1.18 bits per heavy atom. The third kappa shape index (κ3) is 3.41. The molecular weight excluding hydrogens is 623 g/mol. The van der Waals surface area contributed by atoms with Crippen LogP contribution in [0.5, 0.6) is 0 Å². The molecule has 12 rings (SSSR count). The normalized spacial score (nSPS) is 13.6. The largest absolute Gasteiger partial charge is 0.309 e. The first-order valence-corrected chi connectivity index (χ1v) is 18.4. The molecule has 0 N–H and O–H groups in total. The summed E-state index contributed by atoms with van der Waals surface area (Å²) in [5, 5.41) is 12.0. The summed E-state index contributed by atoms with van der Waals surface area (Å²) >= 11 is 1.96. The number of hydrogen-bond acceptors (Lipinski definition) is 1. The molecule has 3 aliphatic rings. The Balaban J connectivity index is 1.22. The maximum Gasteiger partial charge on any atom is 0.0548 e. The molecule has 50 heavy (non-hydrogen) atoms. The van der Waals surface area contributed by atoms with Crippen molar-refractivity contribution in [2.45, 2.75) is 12.8 Å². The van der Waals surface area contributed by atoms with Crippen LogP contribution in [0.25, 0.3) is 97.7 Å². The van der Waals surface area contributed by atoms with E-state index in [1.165, 1.54) is 114 Å². The van der Waals surface area contributed by atoms with Crippen LogP contribution in [0.4, 0.5) is 0 Å². The van der Waals surface area contributed by atoms with E-state index >= 15 is 0 Å². The Hall–Kier alpha value is -5.96. The molecule has 2 aromatic heterocycles. The number of aryl methyl sites for hydroxylation is 1. The van der Waals surface area contributed by atoms with E-state index in [4.69, 9.17) is 0 Å². The predicted octanol–water partition coefficient (Wildman–Crippen LogP) is 13.5. The van der Waals surface area contributed by atoms with Crippen LogP contribution in [0, 0.1) is 0 Å². The molecule has 0 aliphatic heterocycles. The van der Waals surface area contributed by atoms with Crippen molar-refractivity contribution in [1.82, 2.24) is 4.57 Å². The maximum absolute atomic E-state index is 2.54. The summed E-state index contributed by atoms with van der Waals surface area (Å²) in [6.07, 6.45) is 4.67. The van der Waals surface area contributed by atoms with Gasteiger partial charge in [0, 0.05) is 42.6 Å². The fourth-order valence-electron chi connectivity index (χ4n) is 9.40. The molecule has 0 atom stereocenters. The topological polar surface area (TPSA) is 4.93 Å². The predicted molar refractivity (Wildman–Crippen MR) is 215 cm³/mol. The van der Waals surface area contributed by atoms with Gasteiger partial charge in [-0.3, -0.25) is 0 Å². The van der Waals surface area contributed by atoms with Crippen LogP contribution < -0.4 is 0 Å². The van der Waals surface area contributed by atoms with E-state index < -0.39 is 0 Å². The minimum absolute atomic E-state index is 1.08. The molecule has 9 aromatic rings. The molecule has 232 valence electrons. The Morgan fingerprint density at radius 1 is 0.460 bits per heavy atom. The Bertz CT molecular complexity index is 3130. The summed E-state index contributed by atoms with van der Waals surface area (Å²) in [7, 11) is 0. The molecule has 1 nitrogen and oxygen atoms in total. The van der Waals surface area contributed by atoms with E-state index in [1.807, 2.05) is 11.3 Å². The average Bonchev–Trinajstić information content (AvgIpc) is 3.80. The second kappa shape index (κ2) is 9.81. The minimum Gasteiger partial charge on any atom is -0.309 e. The molecule has 7 aromatic carbocycles. The summed E-state index contributed by atoms with van der Waals surface area (Å²) in [6.45, 7) is 0. The van der Waals surface area contributed by atoms with Gasteiger partial charge < -0.3 is 4.57 Å².